The molecule has 0 N–H and O–H groups in total. The summed E-state index contributed by atoms with van der Waals surface area (Å²) < 4.78 is 2.35. The van der Waals surface area contributed by atoms with Gasteiger partial charge in [0.15, 0.2) is 0 Å². The van der Waals surface area contributed by atoms with Crippen molar-refractivity contribution < 1.29 is 0 Å². The van der Waals surface area contributed by atoms with Gasteiger partial charge in [0.05, 0.1) is 11.4 Å². The van der Waals surface area contributed by atoms with Gasteiger partial charge in [-0.25, -0.2) is 0 Å². The molecule has 2 aromatic carbocycles. The Morgan fingerprint density at radius 2 is 0.950 bits per heavy atom. The van der Waals surface area contributed by atoms with Gasteiger partial charge in [0.25, 0.3) is 0 Å². The van der Waals surface area contributed by atoms with Crippen molar-refractivity contribution in [3.63, 3.8) is 0 Å². The van der Waals surface area contributed by atoms with Crippen molar-refractivity contribution in [2.45, 2.75) is 0 Å². The second-order valence-corrected chi connectivity index (χ2v) is 6.59. The fourth-order valence-corrected chi connectivity index (χ4v) is 3.68. The van der Waals surface area contributed by atoms with Gasteiger partial charge in [0.1, 0.15) is 0 Å². The average Bonchev–Trinajstić information content (AvgIpc) is 2.49. The third-order valence-electron chi connectivity index (χ3n) is 3.67. The van der Waals surface area contributed by atoms with Gasteiger partial charge in [-0.2, -0.15) is 0 Å². The predicted octanol–water partition coefficient (Wildman–Crippen LogP) is 4.54. The lowest BCUT2D eigenvalue weighted by Crippen LogP contribution is -2.46. The number of anilines is 2. The summed E-state index contributed by atoms with van der Waals surface area (Å²) in [7, 11) is 0. The Kier molecular flexibility index (Phi) is 4.32. The SMILES string of the molecule is Brc1ccccc1N1CCN(c2ccccc2Br)CC1. The molecule has 20 heavy (non-hydrogen) atoms. The summed E-state index contributed by atoms with van der Waals surface area (Å²) in [5, 5.41) is 0. The number of nitrogens with zero attached hydrogens (tertiary/aromatic N) is 2. The molecule has 104 valence electrons. The van der Waals surface area contributed by atoms with Gasteiger partial charge in [-0.1, -0.05) is 24.3 Å². The van der Waals surface area contributed by atoms with Crippen molar-refractivity contribution in [1.29, 1.82) is 0 Å². The summed E-state index contributed by atoms with van der Waals surface area (Å²) in [5.74, 6) is 0. The minimum absolute atomic E-state index is 1.05. The molecule has 0 amide bonds. The topological polar surface area (TPSA) is 6.48 Å². The maximum Gasteiger partial charge on any atom is 0.0511 e. The summed E-state index contributed by atoms with van der Waals surface area (Å²) in [5.41, 5.74) is 2.58. The van der Waals surface area contributed by atoms with E-state index >= 15 is 0 Å². The first-order valence-corrected chi connectivity index (χ1v) is 8.33. The Hall–Kier alpha value is -1.000. The zero-order chi connectivity index (χ0) is 13.9. The first kappa shape index (κ1) is 14.0. The van der Waals surface area contributed by atoms with Crippen LogP contribution in [0.3, 0.4) is 0 Å². The summed E-state index contributed by atoms with van der Waals surface area (Å²) in [6, 6.07) is 16.9. The Morgan fingerprint density at radius 1 is 0.600 bits per heavy atom. The average molecular weight is 396 g/mol. The van der Waals surface area contributed by atoms with Crippen LogP contribution in [-0.2, 0) is 0 Å². The Morgan fingerprint density at radius 3 is 1.30 bits per heavy atom. The lowest BCUT2D eigenvalue weighted by Gasteiger charge is -2.38. The van der Waals surface area contributed by atoms with Crippen molar-refractivity contribution in [2.75, 3.05) is 36.0 Å². The largest absolute Gasteiger partial charge is 0.367 e. The van der Waals surface area contributed by atoms with Crippen LogP contribution in [0.2, 0.25) is 0 Å². The monoisotopic (exact) mass is 394 g/mol. The van der Waals surface area contributed by atoms with E-state index < -0.39 is 0 Å². The molecular formula is C16H16Br2N2. The third-order valence-corrected chi connectivity index (χ3v) is 5.01. The maximum atomic E-state index is 3.64. The number of hydrogen-bond acceptors (Lipinski definition) is 2. The van der Waals surface area contributed by atoms with Crippen LogP contribution in [0.5, 0.6) is 0 Å². The molecule has 0 bridgehead atoms. The molecule has 1 aliphatic rings. The molecule has 0 saturated carbocycles. The molecule has 0 radical (unpaired) electrons. The van der Waals surface area contributed by atoms with E-state index in [1.54, 1.807) is 0 Å². The minimum atomic E-state index is 1.05. The highest BCUT2D eigenvalue weighted by Crippen LogP contribution is 2.30. The third kappa shape index (κ3) is 2.86. The zero-order valence-electron chi connectivity index (χ0n) is 11.1. The highest BCUT2D eigenvalue weighted by molar-refractivity contribution is 9.11. The summed E-state index contributed by atoms with van der Waals surface area (Å²) in [6.45, 7) is 4.18. The number of benzene rings is 2. The van der Waals surface area contributed by atoms with E-state index in [0.29, 0.717) is 0 Å². The molecule has 3 rings (SSSR count). The molecule has 1 fully saturated rings. The Bertz CT molecular complexity index is 539. The molecule has 1 saturated heterocycles. The molecule has 2 nitrogen and oxygen atoms in total. The predicted molar refractivity (Wildman–Crippen MR) is 92.7 cm³/mol. The van der Waals surface area contributed by atoms with Gasteiger partial charge in [-0.3, -0.25) is 0 Å². The number of para-hydroxylation sites is 2. The van der Waals surface area contributed by atoms with Crippen molar-refractivity contribution in [3.8, 4) is 0 Å². The Balaban J connectivity index is 1.72. The van der Waals surface area contributed by atoms with Gasteiger partial charge in [0.2, 0.25) is 0 Å². The summed E-state index contributed by atoms with van der Waals surface area (Å²) >= 11 is 7.28. The molecule has 0 aromatic heterocycles. The fourth-order valence-electron chi connectivity index (χ4n) is 2.60. The van der Waals surface area contributed by atoms with E-state index in [2.05, 4.69) is 90.2 Å². The van der Waals surface area contributed by atoms with Crippen LogP contribution in [0.15, 0.2) is 57.5 Å². The van der Waals surface area contributed by atoms with Crippen LogP contribution in [0.1, 0.15) is 0 Å². The van der Waals surface area contributed by atoms with Gasteiger partial charge < -0.3 is 9.80 Å². The van der Waals surface area contributed by atoms with Crippen molar-refractivity contribution in [2.24, 2.45) is 0 Å². The van der Waals surface area contributed by atoms with Gasteiger partial charge >= 0.3 is 0 Å². The molecule has 4 heteroatoms. The van der Waals surface area contributed by atoms with E-state index in [4.69, 9.17) is 0 Å². The van der Waals surface area contributed by atoms with Gasteiger partial charge in [-0.05, 0) is 56.1 Å². The highest BCUT2D eigenvalue weighted by atomic mass is 79.9. The molecular weight excluding hydrogens is 380 g/mol. The van der Waals surface area contributed by atoms with E-state index in [9.17, 15) is 0 Å². The quantitative estimate of drug-likeness (QED) is 0.736. The molecule has 0 spiro atoms. The van der Waals surface area contributed by atoms with Crippen LogP contribution >= 0.6 is 31.9 Å². The summed E-state index contributed by atoms with van der Waals surface area (Å²) in [4.78, 5) is 4.88. The molecule has 0 unspecified atom stereocenters. The molecule has 1 aliphatic heterocycles. The lowest BCUT2D eigenvalue weighted by atomic mass is 10.2. The van der Waals surface area contributed by atoms with E-state index in [0.717, 1.165) is 26.2 Å². The molecule has 0 aliphatic carbocycles. The van der Waals surface area contributed by atoms with Gasteiger partial charge in [-0.15, -0.1) is 0 Å². The molecule has 2 aromatic rings. The standard InChI is InChI=1S/C16H16Br2N2/c17-13-5-1-3-7-15(13)19-9-11-20(12-10-19)16-8-4-2-6-14(16)18/h1-8H,9-12H2. The maximum absolute atomic E-state index is 3.64. The smallest absolute Gasteiger partial charge is 0.0511 e. The number of hydrogen-bond donors (Lipinski definition) is 0. The van der Waals surface area contributed by atoms with Crippen LogP contribution in [0.4, 0.5) is 11.4 Å². The van der Waals surface area contributed by atoms with Gasteiger partial charge in [0, 0.05) is 35.1 Å². The van der Waals surface area contributed by atoms with E-state index in [1.807, 2.05) is 0 Å². The first-order valence-electron chi connectivity index (χ1n) is 6.74. The number of piperazine rings is 1. The van der Waals surface area contributed by atoms with Crippen LogP contribution in [0.25, 0.3) is 0 Å². The number of rotatable bonds is 2. The first-order chi connectivity index (χ1) is 9.75. The highest BCUT2D eigenvalue weighted by Gasteiger charge is 2.19. The normalized spacial score (nSPS) is 15.5. The molecule has 0 atom stereocenters. The Labute approximate surface area is 136 Å². The van der Waals surface area contributed by atoms with Crippen molar-refractivity contribution in [3.05, 3.63) is 57.5 Å². The second-order valence-electron chi connectivity index (χ2n) is 4.88. The second kappa shape index (κ2) is 6.19. The molecule has 1 heterocycles. The minimum Gasteiger partial charge on any atom is -0.367 e. The summed E-state index contributed by atoms with van der Waals surface area (Å²) in [6.07, 6.45) is 0. The van der Waals surface area contributed by atoms with Crippen molar-refractivity contribution in [1.82, 2.24) is 0 Å². The lowest BCUT2D eigenvalue weighted by molar-refractivity contribution is 0.652. The fraction of sp³-hybridized carbons (Fsp3) is 0.250. The van der Waals surface area contributed by atoms with Crippen LogP contribution in [0, 0.1) is 0 Å². The van der Waals surface area contributed by atoms with E-state index in [-0.39, 0.29) is 0 Å². The zero-order valence-corrected chi connectivity index (χ0v) is 14.3. The van der Waals surface area contributed by atoms with E-state index in [1.165, 1.54) is 20.3 Å². The van der Waals surface area contributed by atoms with Crippen molar-refractivity contribution >= 4 is 43.2 Å². The van der Waals surface area contributed by atoms with Crippen LogP contribution in [-0.4, -0.2) is 26.2 Å². The van der Waals surface area contributed by atoms with Crippen LogP contribution < -0.4 is 9.80 Å². The number of halogens is 2.